The maximum atomic E-state index is 11.0. The van der Waals surface area contributed by atoms with Crippen LogP contribution in [0.4, 0.5) is 4.79 Å². The molecule has 0 heterocycles. The first-order valence-electron chi connectivity index (χ1n) is 4.32. The topological polar surface area (TPSA) is 55.4 Å². The van der Waals surface area contributed by atoms with Crippen molar-refractivity contribution in [2.45, 2.75) is 19.9 Å². The molecular weight excluding hydrogens is 198 g/mol. The Morgan fingerprint density at radius 3 is 2.64 bits per heavy atom. The Morgan fingerprint density at radius 2 is 2.14 bits per heavy atom. The van der Waals surface area contributed by atoms with E-state index in [1.54, 1.807) is 6.92 Å². The minimum absolute atomic E-state index is 0.0739. The first-order chi connectivity index (χ1) is 6.57. The highest BCUT2D eigenvalue weighted by molar-refractivity contribution is 6.34. The molecule has 14 heavy (non-hydrogen) atoms. The number of ketones is 1. The second kappa shape index (κ2) is 7.31. The number of hydrogen-bond acceptors (Lipinski definition) is 3. The van der Waals surface area contributed by atoms with Crippen LogP contribution >= 0.6 is 0 Å². The summed E-state index contributed by atoms with van der Waals surface area (Å²) in [6, 6.07) is 0. The molecular formula is C9H15NO3Si. The Bertz CT molecular complexity index is 228. The molecule has 2 radical (unpaired) electrons. The predicted molar refractivity (Wildman–Crippen MR) is 55.4 cm³/mol. The van der Waals surface area contributed by atoms with E-state index in [4.69, 9.17) is 4.74 Å². The average Bonchev–Trinajstić information content (AvgIpc) is 2.14. The minimum Gasteiger partial charge on any atom is -0.449 e. The van der Waals surface area contributed by atoms with E-state index >= 15 is 0 Å². The van der Waals surface area contributed by atoms with Crippen molar-refractivity contribution in [3.63, 3.8) is 0 Å². The highest BCUT2D eigenvalue weighted by Crippen LogP contribution is 1.95. The van der Waals surface area contributed by atoms with E-state index in [1.807, 2.05) is 6.55 Å². The molecule has 0 atom stereocenters. The van der Waals surface area contributed by atoms with Crippen molar-refractivity contribution in [2.75, 3.05) is 12.8 Å². The van der Waals surface area contributed by atoms with Gasteiger partial charge in [-0.3, -0.25) is 4.79 Å². The molecule has 4 nitrogen and oxygen atoms in total. The molecule has 0 saturated heterocycles. The number of rotatable bonds is 6. The van der Waals surface area contributed by atoms with Crippen LogP contribution in [0, 0.1) is 0 Å². The molecule has 5 heteroatoms. The fourth-order valence-electron chi connectivity index (χ4n) is 0.661. The van der Waals surface area contributed by atoms with Gasteiger partial charge >= 0.3 is 6.09 Å². The standard InChI is InChI=1S/C9H15NO3Si/c1-7(2)8(11)4-5-13-9(12)10-6-14-3/h1,4-6H2,2-3H3,(H,10,12). The summed E-state index contributed by atoms with van der Waals surface area (Å²) in [7, 11) is 0.654. The summed E-state index contributed by atoms with van der Waals surface area (Å²) < 4.78 is 4.76. The molecule has 0 unspecified atom stereocenters. The van der Waals surface area contributed by atoms with Gasteiger partial charge in [0.15, 0.2) is 5.78 Å². The molecule has 0 aliphatic rings. The Hall–Kier alpha value is -1.10. The van der Waals surface area contributed by atoms with Gasteiger partial charge in [0, 0.05) is 12.6 Å². The smallest absolute Gasteiger partial charge is 0.406 e. The summed E-state index contributed by atoms with van der Waals surface area (Å²) in [5, 5.41) is 2.55. The maximum Gasteiger partial charge on any atom is 0.406 e. The van der Waals surface area contributed by atoms with E-state index in [-0.39, 0.29) is 18.8 Å². The summed E-state index contributed by atoms with van der Waals surface area (Å²) in [5.41, 5.74) is 0.490. The minimum atomic E-state index is -0.464. The van der Waals surface area contributed by atoms with Gasteiger partial charge in [-0.05, 0) is 12.5 Å². The summed E-state index contributed by atoms with van der Waals surface area (Å²) >= 11 is 0. The van der Waals surface area contributed by atoms with Crippen molar-refractivity contribution in [2.24, 2.45) is 0 Å². The predicted octanol–water partition coefficient (Wildman–Crippen LogP) is 0.958. The molecule has 1 amide bonds. The molecule has 0 rings (SSSR count). The number of carbonyl (C=O) groups excluding carboxylic acids is 2. The zero-order valence-corrected chi connectivity index (χ0v) is 9.55. The lowest BCUT2D eigenvalue weighted by molar-refractivity contribution is -0.116. The Balaban J connectivity index is 3.49. The summed E-state index contributed by atoms with van der Waals surface area (Å²) in [6.07, 6.45) is 0.360. The van der Waals surface area contributed by atoms with Crippen LogP contribution in [0.5, 0.6) is 0 Å². The first-order valence-corrected chi connectivity index (χ1v) is 6.02. The van der Waals surface area contributed by atoms with E-state index < -0.39 is 6.09 Å². The van der Waals surface area contributed by atoms with Gasteiger partial charge in [-0.2, -0.15) is 0 Å². The monoisotopic (exact) mass is 213 g/mol. The zero-order chi connectivity index (χ0) is 11.0. The van der Waals surface area contributed by atoms with Crippen LogP contribution in [-0.4, -0.2) is 34.2 Å². The molecule has 0 spiro atoms. The van der Waals surface area contributed by atoms with E-state index in [0.29, 0.717) is 21.3 Å². The van der Waals surface area contributed by atoms with Gasteiger partial charge < -0.3 is 10.1 Å². The quantitative estimate of drug-likeness (QED) is 0.528. The summed E-state index contributed by atoms with van der Waals surface area (Å²) in [5.74, 6) is -0.0739. The zero-order valence-electron chi connectivity index (χ0n) is 8.55. The van der Waals surface area contributed by atoms with Crippen molar-refractivity contribution < 1.29 is 14.3 Å². The molecule has 0 aliphatic carbocycles. The van der Waals surface area contributed by atoms with Gasteiger partial charge in [0.1, 0.15) is 6.61 Å². The van der Waals surface area contributed by atoms with Gasteiger partial charge in [0.2, 0.25) is 0 Å². The first kappa shape index (κ1) is 12.9. The van der Waals surface area contributed by atoms with Crippen LogP contribution in [0.1, 0.15) is 13.3 Å². The number of nitrogens with one attached hydrogen (secondary N) is 1. The third kappa shape index (κ3) is 6.42. The van der Waals surface area contributed by atoms with Gasteiger partial charge in [0.05, 0.1) is 9.52 Å². The highest BCUT2D eigenvalue weighted by Gasteiger charge is 2.04. The number of allylic oxidation sites excluding steroid dienone is 1. The third-order valence-corrected chi connectivity index (χ3v) is 1.98. The third-order valence-electron chi connectivity index (χ3n) is 1.45. The van der Waals surface area contributed by atoms with E-state index in [1.165, 1.54) is 0 Å². The molecule has 78 valence electrons. The van der Waals surface area contributed by atoms with Gasteiger partial charge in [-0.25, -0.2) is 4.79 Å². The number of ether oxygens (including phenoxy) is 1. The van der Waals surface area contributed by atoms with Crippen LogP contribution in [0.25, 0.3) is 0 Å². The molecule has 0 aromatic carbocycles. The number of carbonyl (C=O) groups is 2. The molecule has 0 bridgehead atoms. The second-order valence-corrected chi connectivity index (χ2v) is 3.86. The molecule has 0 fully saturated rings. The van der Waals surface area contributed by atoms with Crippen molar-refractivity contribution in [1.29, 1.82) is 0 Å². The number of hydrogen-bond donors (Lipinski definition) is 1. The van der Waals surface area contributed by atoms with Crippen molar-refractivity contribution >= 4 is 21.4 Å². The molecule has 0 aromatic heterocycles. The highest BCUT2D eigenvalue weighted by atomic mass is 28.2. The van der Waals surface area contributed by atoms with E-state index in [9.17, 15) is 9.59 Å². The molecule has 1 N–H and O–H groups in total. The van der Waals surface area contributed by atoms with Crippen molar-refractivity contribution in [3.8, 4) is 0 Å². The van der Waals surface area contributed by atoms with Crippen LogP contribution in [-0.2, 0) is 9.53 Å². The maximum absolute atomic E-state index is 11.0. The normalized spacial score (nSPS) is 9.29. The van der Waals surface area contributed by atoms with Crippen molar-refractivity contribution in [3.05, 3.63) is 12.2 Å². The van der Waals surface area contributed by atoms with Gasteiger partial charge in [0.25, 0.3) is 0 Å². The largest absolute Gasteiger partial charge is 0.449 e. The summed E-state index contributed by atoms with van der Waals surface area (Å²) in [6.45, 7) is 7.23. The Labute approximate surface area is 86.5 Å². The molecule has 0 aliphatic heterocycles. The number of amides is 1. The van der Waals surface area contributed by atoms with Crippen LogP contribution in [0.15, 0.2) is 12.2 Å². The second-order valence-electron chi connectivity index (χ2n) is 2.80. The number of alkyl carbamates (subject to hydrolysis) is 1. The lowest BCUT2D eigenvalue weighted by Crippen LogP contribution is -2.28. The number of Topliss-reactive ketones (excluding diaryl/α,β-unsaturated/α-hetero) is 1. The molecule has 0 aromatic rings. The Morgan fingerprint density at radius 1 is 1.50 bits per heavy atom. The lowest BCUT2D eigenvalue weighted by atomic mass is 10.2. The van der Waals surface area contributed by atoms with Gasteiger partial charge in [-0.1, -0.05) is 13.1 Å². The van der Waals surface area contributed by atoms with E-state index in [2.05, 4.69) is 11.9 Å². The van der Waals surface area contributed by atoms with Crippen LogP contribution in [0.3, 0.4) is 0 Å². The van der Waals surface area contributed by atoms with Crippen molar-refractivity contribution in [1.82, 2.24) is 5.32 Å². The fraction of sp³-hybridized carbons (Fsp3) is 0.556. The lowest BCUT2D eigenvalue weighted by Gasteiger charge is -2.04. The average molecular weight is 213 g/mol. The van der Waals surface area contributed by atoms with Crippen LogP contribution < -0.4 is 5.32 Å². The van der Waals surface area contributed by atoms with E-state index in [0.717, 1.165) is 0 Å². The molecule has 0 saturated carbocycles. The van der Waals surface area contributed by atoms with Gasteiger partial charge in [-0.15, -0.1) is 0 Å². The SMILES string of the molecule is C=C(C)C(=O)CCOC(=O)NC[Si]C. The fourth-order valence-corrected chi connectivity index (χ4v) is 0.983. The Kier molecular flexibility index (Phi) is 6.74. The van der Waals surface area contributed by atoms with Crippen LogP contribution in [0.2, 0.25) is 6.55 Å². The summed E-state index contributed by atoms with van der Waals surface area (Å²) in [4.78, 5) is 21.9.